The molecule has 118 valence electrons. The van der Waals surface area contributed by atoms with E-state index in [1.165, 1.54) is 0 Å². The van der Waals surface area contributed by atoms with Crippen molar-refractivity contribution < 1.29 is 19.1 Å². The number of nitrogens with zero attached hydrogens (tertiary/aromatic N) is 1. The molecule has 5 nitrogen and oxygen atoms in total. The number of benzene rings is 1. The number of hydrogen-bond donors (Lipinski definition) is 0. The van der Waals surface area contributed by atoms with Crippen LogP contribution in [0.3, 0.4) is 0 Å². The van der Waals surface area contributed by atoms with Gasteiger partial charge in [0, 0.05) is 5.57 Å². The molecule has 0 N–H and O–H groups in total. The molecule has 0 aromatic heterocycles. The Morgan fingerprint density at radius 2 is 2.14 bits per heavy atom. The highest BCUT2D eigenvalue weighted by molar-refractivity contribution is 5.88. The minimum Gasteiger partial charge on any atom is -0.463 e. The third-order valence-electron chi connectivity index (χ3n) is 3.68. The van der Waals surface area contributed by atoms with Crippen molar-refractivity contribution in [3.05, 3.63) is 47.5 Å². The van der Waals surface area contributed by atoms with Gasteiger partial charge in [0.15, 0.2) is 0 Å². The van der Waals surface area contributed by atoms with E-state index in [0.29, 0.717) is 12.2 Å². The van der Waals surface area contributed by atoms with Gasteiger partial charge in [-0.2, -0.15) is 0 Å². The summed E-state index contributed by atoms with van der Waals surface area (Å²) in [6.45, 7) is 5.97. The Morgan fingerprint density at radius 1 is 1.45 bits per heavy atom. The first-order valence-corrected chi connectivity index (χ1v) is 7.40. The summed E-state index contributed by atoms with van der Waals surface area (Å²) >= 11 is 0. The van der Waals surface area contributed by atoms with Gasteiger partial charge < -0.3 is 9.47 Å². The van der Waals surface area contributed by atoms with Gasteiger partial charge in [0.2, 0.25) is 0 Å². The van der Waals surface area contributed by atoms with E-state index in [4.69, 9.17) is 9.47 Å². The minimum atomic E-state index is -0.367. The molecule has 5 heteroatoms. The van der Waals surface area contributed by atoms with Crippen LogP contribution < -0.4 is 0 Å². The topological polar surface area (TPSA) is 55.8 Å². The summed E-state index contributed by atoms with van der Waals surface area (Å²) in [7, 11) is 0. The molecule has 0 saturated carbocycles. The summed E-state index contributed by atoms with van der Waals surface area (Å²) in [5, 5.41) is 0. The molecule has 0 bridgehead atoms. The lowest BCUT2D eigenvalue weighted by Crippen LogP contribution is -2.35. The summed E-state index contributed by atoms with van der Waals surface area (Å²) in [6, 6.07) is 9.33. The first-order chi connectivity index (χ1) is 10.5. The minimum absolute atomic E-state index is 0.132. The number of cyclic esters (lactones) is 1. The molecule has 1 aliphatic rings. The van der Waals surface area contributed by atoms with Crippen LogP contribution in [-0.2, 0) is 14.3 Å². The van der Waals surface area contributed by atoms with E-state index in [9.17, 15) is 9.59 Å². The van der Waals surface area contributed by atoms with Crippen LogP contribution >= 0.6 is 0 Å². The highest BCUT2D eigenvalue weighted by atomic mass is 16.6. The van der Waals surface area contributed by atoms with E-state index < -0.39 is 0 Å². The second-order valence-electron chi connectivity index (χ2n) is 5.21. The zero-order valence-electron chi connectivity index (χ0n) is 13.1. The van der Waals surface area contributed by atoms with E-state index >= 15 is 0 Å². The quantitative estimate of drug-likeness (QED) is 0.619. The number of hydrogen-bond acceptors (Lipinski definition) is 4. The molecule has 0 unspecified atom stereocenters. The monoisotopic (exact) mass is 303 g/mol. The van der Waals surface area contributed by atoms with Gasteiger partial charge in [0.05, 0.1) is 18.7 Å². The fourth-order valence-electron chi connectivity index (χ4n) is 2.51. The third-order valence-corrected chi connectivity index (χ3v) is 3.68. The highest BCUT2D eigenvalue weighted by Crippen LogP contribution is 2.28. The highest BCUT2D eigenvalue weighted by Gasteiger charge is 2.36. The van der Waals surface area contributed by atoms with E-state index in [1.807, 2.05) is 37.3 Å². The van der Waals surface area contributed by atoms with Crippen LogP contribution in [0.2, 0.25) is 0 Å². The normalized spacial score (nSPS) is 19.8. The van der Waals surface area contributed by atoms with Crippen LogP contribution in [0, 0.1) is 0 Å². The fraction of sp³-hybridized carbons (Fsp3) is 0.412. The average Bonchev–Trinajstić information content (AvgIpc) is 2.88. The Morgan fingerprint density at radius 3 is 2.77 bits per heavy atom. The van der Waals surface area contributed by atoms with Crippen molar-refractivity contribution in [2.45, 2.75) is 32.9 Å². The van der Waals surface area contributed by atoms with Crippen LogP contribution in [0.5, 0.6) is 0 Å². The number of carbonyl (C=O) groups excluding carboxylic acids is 2. The molecule has 2 rings (SSSR count). The molecule has 1 amide bonds. The Hall–Kier alpha value is -2.30. The van der Waals surface area contributed by atoms with Gasteiger partial charge in [-0.15, -0.1) is 0 Å². The molecule has 0 spiro atoms. The van der Waals surface area contributed by atoms with Gasteiger partial charge in [0.1, 0.15) is 6.61 Å². The molecule has 1 heterocycles. The molecule has 1 aliphatic heterocycles. The van der Waals surface area contributed by atoms with Gasteiger partial charge in [-0.1, -0.05) is 30.3 Å². The SMILES string of the molecule is CCOC(=O)/C(C)=C/[C@@H]1COC(=O)N1[C@H](C)c1ccccc1. The number of amides is 1. The van der Waals surface area contributed by atoms with Crippen LogP contribution in [0.4, 0.5) is 4.79 Å². The van der Waals surface area contributed by atoms with Crippen molar-refractivity contribution >= 4 is 12.1 Å². The molecule has 0 radical (unpaired) electrons. The van der Waals surface area contributed by atoms with Crippen molar-refractivity contribution in [3.63, 3.8) is 0 Å². The number of rotatable bonds is 5. The van der Waals surface area contributed by atoms with Gasteiger partial charge >= 0.3 is 12.1 Å². The maximum absolute atomic E-state index is 12.0. The van der Waals surface area contributed by atoms with Gasteiger partial charge in [-0.3, -0.25) is 4.90 Å². The fourth-order valence-corrected chi connectivity index (χ4v) is 2.51. The molecular weight excluding hydrogens is 282 g/mol. The van der Waals surface area contributed by atoms with Crippen molar-refractivity contribution in [1.29, 1.82) is 0 Å². The zero-order chi connectivity index (χ0) is 16.1. The standard InChI is InChI=1S/C17H21NO4/c1-4-21-16(19)12(2)10-15-11-22-17(20)18(15)13(3)14-8-6-5-7-9-14/h5-10,13,15H,4,11H2,1-3H3/b12-10+/t13-,15-/m1/s1. The van der Waals surface area contributed by atoms with Crippen molar-refractivity contribution in [2.24, 2.45) is 0 Å². The van der Waals surface area contributed by atoms with E-state index in [0.717, 1.165) is 5.56 Å². The molecule has 22 heavy (non-hydrogen) atoms. The Bertz CT molecular complexity index is 567. The maximum Gasteiger partial charge on any atom is 0.410 e. The van der Waals surface area contributed by atoms with E-state index in [1.54, 1.807) is 24.8 Å². The molecule has 1 aromatic carbocycles. The van der Waals surface area contributed by atoms with Crippen LogP contribution in [0.1, 0.15) is 32.4 Å². The lowest BCUT2D eigenvalue weighted by Gasteiger charge is -2.27. The van der Waals surface area contributed by atoms with E-state index in [-0.39, 0.29) is 30.8 Å². The summed E-state index contributed by atoms with van der Waals surface area (Å²) < 4.78 is 10.1. The number of ether oxygens (including phenoxy) is 2. The Kier molecular flexibility index (Phi) is 5.20. The molecule has 1 aromatic rings. The van der Waals surface area contributed by atoms with E-state index in [2.05, 4.69) is 0 Å². The van der Waals surface area contributed by atoms with Crippen LogP contribution in [0.15, 0.2) is 42.0 Å². The number of esters is 1. The van der Waals surface area contributed by atoms with Gasteiger partial charge in [-0.25, -0.2) is 9.59 Å². The number of carbonyl (C=O) groups is 2. The smallest absolute Gasteiger partial charge is 0.410 e. The molecule has 1 saturated heterocycles. The Labute approximate surface area is 130 Å². The van der Waals surface area contributed by atoms with Crippen LogP contribution in [0.25, 0.3) is 0 Å². The summed E-state index contributed by atoms with van der Waals surface area (Å²) in [5.74, 6) is -0.367. The summed E-state index contributed by atoms with van der Waals surface area (Å²) in [5.41, 5.74) is 1.50. The first kappa shape index (κ1) is 16.1. The van der Waals surface area contributed by atoms with Crippen molar-refractivity contribution in [2.75, 3.05) is 13.2 Å². The maximum atomic E-state index is 12.0. The summed E-state index contributed by atoms with van der Waals surface area (Å²) in [4.78, 5) is 25.4. The van der Waals surface area contributed by atoms with Crippen molar-refractivity contribution in [3.8, 4) is 0 Å². The van der Waals surface area contributed by atoms with Gasteiger partial charge in [0.25, 0.3) is 0 Å². The second-order valence-corrected chi connectivity index (χ2v) is 5.21. The van der Waals surface area contributed by atoms with Crippen molar-refractivity contribution in [1.82, 2.24) is 4.90 Å². The molecule has 1 fully saturated rings. The lowest BCUT2D eigenvalue weighted by molar-refractivity contribution is -0.138. The largest absolute Gasteiger partial charge is 0.463 e. The third kappa shape index (κ3) is 3.47. The van der Waals surface area contributed by atoms with Gasteiger partial charge in [-0.05, 0) is 32.4 Å². The molecule has 0 aliphatic carbocycles. The predicted octanol–water partition coefficient (Wildman–Crippen LogP) is 3.08. The predicted molar refractivity (Wildman–Crippen MR) is 82.2 cm³/mol. The lowest BCUT2D eigenvalue weighted by atomic mass is 10.1. The van der Waals surface area contributed by atoms with Crippen LogP contribution in [-0.4, -0.2) is 36.2 Å². The summed E-state index contributed by atoms with van der Waals surface area (Å²) in [6.07, 6.45) is 1.37. The zero-order valence-corrected chi connectivity index (χ0v) is 13.1. The average molecular weight is 303 g/mol. The molecular formula is C17H21NO4. The first-order valence-electron chi connectivity index (χ1n) is 7.40. The Balaban J connectivity index is 2.19. The molecule has 2 atom stereocenters. The second kappa shape index (κ2) is 7.11.